The lowest BCUT2D eigenvalue weighted by Crippen LogP contribution is -2.33. The van der Waals surface area contributed by atoms with E-state index in [1.807, 2.05) is 44.2 Å². The second-order valence-corrected chi connectivity index (χ2v) is 9.17. The molecule has 0 spiro atoms. The zero-order valence-corrected chi connectivity index (χ0v) is 20.9. The third-order valence-corrected chi connectivity index (χ3v) is 5.89. The molecule has 0 bridgehead atoms. The van der Waals surface area contributed by atoms with E-state index in [-0.39, 0.29) is 16.7 Å². The fraction of sp³-hybridized carbons (Fsp3) is 0.269. The van der Waals surface area contributed by atoms with Crippen LogP contribution in [0.15, 0.2) is 66.1 Å². The van der Waals surface area contributed by atoms with E-state index in [9.17, 15) is 4.79 Å². The predicted molar refractivity (Wildman–Crippen MR) is 137 cm³/mol. The zero-order chi connectivity index (χ0) is 24.8. The van der Waals surface area contributed by atoms with Crippen molar-refractivity contribution in [1.29, 1.82) is 0 Å². The summed E-state index contributed by atoms with van der Waals surface area (Å²) in [5, 5.41) is 7.48. The van der Waals surface area contributed by atoms with Gasteiger partial charge in [0.2, 0.25) is 0 Å². The molecule has 4 rings (SSSR count). The second kappa shape index (κ2) is 11.0. The summed E-state index contributed by atoms with van der Waals surface area (Å²) in [4.78, 5) is 22.6. The first-order valence-corrected chi connectivity index (χ1v) is 11.9. The molecule has 0 saturated carbocycles. The van der Waals surface area contributed by atoms with Crippen LogP contribution in [0.1, 0.15) is 42.6 Å². The van der Waals surface area contributed by atoms with Gasteiger partial charge in [-0.25, -0.2) is 0 Å². The number of nitrogens with zero attached hydrogens (tertiary/aromatic N) is 2. The van der Waals surface area contributed by atoms with Crippen LogP contribution in [-0.2, 0) is 4.84 Å². The lowest BCUT2D eigenvalue weighted by molar-refractivity contribution is -0.0362. The minimum Gasteiger partial charge on any atom is -0.490 e. The number of nitrogens with one attached hydrogen (secondary N) is 1. The van der Waals surface area contributed by atoms with Crippen molar-refractivity contribution < 1.29 is 19.1 Å². The van der Waals surface area contributed by atoms with Gasteiger partial charge in [0.1, 0.15) is 6.61 Å². The number of oxime groups is 1. The molecule has 2 aromatic carbocycles. The topological polar surface area (TPSA) is 82.0 Å². The molecule has 1 aliphatic heterocycles. The molecule has 1 unspecified atom stereocenters. The highest BCUT2D eigenvalue weighted by Gasteiger charge is 2.36. The average Bonchev–Trinajstić information content (AvgIpc) is 3.27. The maximum absolute atomic E-state index is 12.9. The first-order chi connectivity index (χ1) is 16.9. The number of carbonyl (C=O) groups is 1. The van der Waals surface area contributed by atoms with Gasteiger partial charge < -0.3 is 19.6 Å². The van der Waals surface area contributed by atoms with Gasteiger partial charge in [0.25, 0.3) is 5.91 Å². The predicted octanol–water partition coefficient (Wildman–Crippen LogP) is 6.39. The Bertz CT molecular complexity index is 1220. The molecule has 0 radical (unpaired) electrons. The molecule has 182 valence electrons. The van der Waals surface area contributed by atoms with E-state index < -0.39 is 11.5 Å². The van der Waals surface area contributed by atoms with Crippen LogP contribution in [0, 0.1) is 0 Å². The Hall–Kier alpha value is -3.29. The largest absolute Gasteiger partial charge is 0.490 e. The number of hydrogen-bond donors (Lipinski definition) is 1. The monoisotopic (exact) mass is 513 g/mol. The zero-order valence-electron chi connectivity index (χ0n) is 19.4. The molecular weight excluding hydrogens is 489 g/mol. The molecule has 35 heavy (non-hydrogen) atoms. The lowest BCUT2D eigenvalue weighted by Gasteiger charge is -2.23. The van der Waals surface area contributed by atoms with Crippen LogP contribution in [0.2, 0.25) is 10.0 Å². The fourth-order valence-electron chi connectivity index (χ4n) is 3.49. The van der Waals surface area contributed by atoms with Crippen LogP contribution in [0.3, 0.4) is 0 Å². The van der Waals surface area contributed by atoms with Gasteiger partial charge in [-0.1, -0.05) is 65.6 Å². The van der Waals surface area contributed by atoms with E-state index in [1.165, 1.54) is 12.4 Å². The van der Waals surface area contributed by atoms with E-state index in [0.717, 1.165) is 17.7 Å². The quantitative estimate of drug-likeness (QED) is 0.358. The average molecular weight is 514 g/mol. The minimum atomic E-state index is -0.663. The molecule has 1 N–H and O–H groups in total. The van der Waals surface area contributed by atoms with Crippen molar-refractivity contribution in [3.63, 3.8) is 0 Å². The van der Waals surface area contributed by atoms with Crippen molar-refractivity contribution in [2.24, 2.45) is 5.16 Å². The molecular formula is C26H25Cl2N3O4. The Labute approximate surface area is 214 Å². The van der Waals surface area contributed by atoms with Crippen LogP contribution in [0.5, 0.6) is 11.5 Å². The number of carbonyl (C=O) groups excluding carboxylic acids is 1. The second-order valence-electron chi connectivity index (χ2n) is 8.35. The number of anilines is 1. The van der Waals surface area contributed by atoms with Crippen LogP contribution in [0.4, 0.5) is 5.69 Å². The van der Waals surface area contributed by atoms with Crippen molar-refractivity contribution in [2.45, 2.75) is 32.3 Å². The molecule has 0 saturated heterocycles. The summed E-state index contributed by atoms with van der Waals surface area (Å²) in [6, 6.07) is 14.9. The number of halogens is 2. The fourth-order valence-corrected chi connectivity index (χ4v) is 3.95. The van der Waals surface area contributed by atoms with Gasteiger partial charge in [0, 0.05) is 24.4 Å². The maximum Gasteiger partial charge on any atom is 0.255 e. The normalized spacial score (nSPS) is 16.9. The Kier molecular flexibility index (Phi) is 7.78. The van der Waals surface area contributed by atoms with Gasteiger partial charge in [-0.2, -0.15) is 0 Å². The van der Waals surface area contributed by atoms with E-state index in [4.69, 9.17) is 37.5 Å². The third kappa shape index (κ3) is 6.05. The third-order valence-electron chi connectivity index (χ3n) is 5.32. The Morgan fingerprint density at radius 1 is 1.09 bits per heavy atom. The Morgan fingerprint density at radius 3 is 2.54 bits per heavy atom. The number of benzene rings is 2. The number of hydrogen-bond acceptors (Lipinski definition) is 6. The molecule has 3 aromatic rings. The molecule has 1 aliphatic rings. The van der Waals surface area contributed by atoms with Crippen molar-refractivity contribution >= 4 is 40.5 Å². The highest BCUT2D eigenvalue weighted by molar-refractivity contribution is 6.39. The molecule has 1 atom stereocenters. The van der Waals surface area contributed by atoms with Crippen molar-refractivity contribution in [1.82, 2.24) is 4.98 Å². The standard InChI is InChI=1S/C26H25Cl2N3O4/c1-3-11-33-22-10-9-18(25(32)30-24-19(27)14-29-15-20(24)28)12-23(22)34-16-26(2)13-21(31-35-26)17-7-5-4-6-8-17/h4-10,12,14-15H,3,11,13,16H2,1-2H3,(H,29,30,32). The van der Waals surface area contributed by atoms with Crippen LogP contribution in [0.25, 0.3) is 0 Å². The molecule has 0 aliphatic carbocycles. The molecule has 2 heterocycles. The molecule has 9 heteroatoms. The summed E-state index contributed by atoms with van der Waals surface area (Å²) < 4.78 is 12.0. The van der Waals surface area contributed by atoms with Crippen molar-refractivity contribution in [2.75, 3.05) is 18.5 Å². The van der Waals surface area contributed by atoms with Gasteiger partial charge >= 0.3 is 0 Å². The van der Waals surface area contributed by atoms with E-state index in [1.54, 1.807) is 18.2 Å². The highest BCUT2D eigenvalue weighted by atomic mass is 35.5. The number of amides is 1. The summed E-state index contributed by atoms with van der Waals surface area (Å²) >= 11 is 12.3. The SMILES string of the molecule is CCCOc1ccc(C(=O)Nc2c(Cl)cncc2Cl)cc1OCC1(C)CC(c2ccccc2)=NO1. The Balaban J connectivity index is 1.50. The maximum atomic E-state index is 12.9. The van der Waals surface area contributed by atoms with Crippen LogP contribution in [-0.4, -0.2) is 35.4 Å². The van der Waals surface area contributed by atoms with E-state index in [0.29, 0.717) is 35.8 Å². The molecule has 1 aromatic heterocycles. The van der Waals surface area contributed by atoms with Gasteiger partial charge in [0.15, 0.2) is 17.1 Å². The Morgan fingerprint density at radius 2 is 1.83 bits per heavy atom. The van der Waals surface area contributed by atoms with Gasteiger partial charge in [0.05, 0.1) is 28.1 Å². The first-order valence-electron chi connectivity index (χ1n) is 11.2. The highest BCUT2D eigenvalue weighted by Crippen LogP contribution is 2.34. The van der Waals surface area contributed by atoms with Crippen LogP contribution < -0.4 is 14.8 Å². The van der Waals surface area contributed by atoms with Gasteiger partial charge in [-0.3, -0.25) is 9.78 Å². The van der Waals surface area contributed by atoms with Crippen LogP contribution >= 0.6 is 23.2 Å². The smallest absolute Gasteiger partial charge is 0.255 e. The van der Waals surface area contributed by atoms with Crippen molar-refractivity contribution in [3.8, 4) is 11.5 Å². The summed E-state index contributed by atoms with van der Waals surface area (Å²) in [5.41, 5.74) is 1.85. The van der Waals surface area contributed by atoms with E-state index in [2.05, 4.69) is 15.5 Å². The summed E-state index contributed by atoms with van der Waals surface area (Å²) in [6.07, 6.45) is 4.23. The van der Waals surface area contributed by atoms with E-state index >= 15 is 0 Å². The summed E-state index contributed by atoms with van der Waals surface area (Å²) in [7, 11) is 0. The molecule has 1 amide bonds. The number of rotatable bonds is 9. The van der Waals surface area contributed by atoms with Gasteiger partial charge in [-0.15, -0.1) is 0 Å². The summed E-state index contributed by atoms with van der Waals surface area (Å²) in [5.74, 6) is 0.565. The number of aromatic nitrogens is 1. The first kappa shape index (κ1) is 24.8. The minimum absolute atomic E-state index is 0.211. The van der Waals surface area contributed by atoms with Crippen molar-refractivity contribution in [3.05, 3.63) is 82.1 Å². The van der Waals surface area contributed by atoms with Gasteiger partial charge in [-0.05, 0) is 37.1 Å². The number of ether oxygens (including phenoxy) is 2. The molecule has 7 nitrogen and oxygen atoms in total. The number of pyridine rings is 1. The molecule has 0 fully saturated rings. The summed E-state index contributed by atoms with van der Waals surface area (Å²) in [6.45, 7) is 4.67. The lowest BCUT2D eigenvalue weighted by atomic mass is 9.97.